The second kappa shape index (κ2) is 7.66. The molecule has 0 atom stereocenters. The van der Waals surface area contributed by atoms with E-state index in [0.29, 0.717) is 5.75 Å². The van der Waals surface area contributed by atoms with Crippen LogP contribution < -0.4 is 0 Å². The van der Waals surface area contributed by atoms with Crippen molar-refractivity contribution in [3.63, 3.8) is 0 Å². The molecule has 0 bridgehead atoms. The lowest BCUT2D eigenvalue weighted by Crippen LogP contribution is -2.41. The molecule has 0 amide bonds. The predicted molar refractivity (Wildman–Crippen MR) is 104 cm³/mol. The van der Waals surface area contributed by atoms with Gasteiger partial charge in [0, 0.05) is 12.7 Å². The van der Waals surface area contributed by atoms with Crippen molar-refractivity contribution in [3.8, 4) is 0 Å². The van der Waals surface area contributed by atoms with E-state index < -0.39 is 18.3 Å². The average molecular weight is 362 g/mol. The van der Waals surface area contributed by atoms with Crippen molar-refractivity contribution < 1.29 is 19.2 Å². The zero-order valence-electron chi connectivity index (χ0n) is 15.9. The number of aryl methyl sites for hydroxylation is 1. The molecule has 1 saturated heterocycles. The number of hydrogen-bond acceptors (Lipinski definition) is 5. The number of aliphatic hydroxyl groups is 1. The highest BCUT2D eigenvalue weighted by atomic mass is 32.2. The number of carbonyl (C=O) groups is 1. The highest BCUT2D eigenvalue weighted by Gasteiger charge is 2.52. The van der Waals surface area contributed by atoms with E-state index in [1.807, 2.05) is 58.9 Å². The Morgan fingerprint density at radius 3 is 2.32 bits per heavy atom. The third-order valence-corrected chi connectivity index (χ3v) is 5.74. The molecular formula is C19H27BO4S. The van der Waals surface area contributed by atoms with Crippen LogP contribution in [0.2, 0.25) is 0 Å². The predicted octanol–water partition coefficient (Wildman–Crippen LogP) is 3.78. The molecule has 1 aliphatic rings. The Morgan fingerprint density at radius 2 is 1.84 bits per heavy atom. The minimum absolute atomic E-state index is 0.0229. The molecule has 1 N–H and O–H groups in total. The van der Waals surface area contributed by atoms with E-state index in [2.05, 4.69) is 0 Å². The van der Waals surface area contributed by atoms with Gasteiger partial charge in [-0.2, -0.15) is 0 Å². The fraction of sp³-hybridized carbons (Fsp3) is 0.526. The normalized spacial score (nSPS) is 19.3. The van der Waals surface area contributed by atoms with Crippen LogP contribution in [0.5, 0.6) is 0 Å². The van der Waals surface area contributed by atoms with Crippen molar-refractivity contribution >= 4 is 30.1 Å². The van der Waals surface area contributed by atoms with Crippen LogP contribution in [-0.4, -0.2) is 34.3 Å². The molecule has 25 heavy (non-hydrogen) atoms. The zero-order chi connectivity index (χ0) is 18.8. The zero-order valence-corrected chi connectivity index (χ0v) is 16.7. The van der Waals surface area contributed by atoms with Gasteiger partial charge in [-0.1, -0.05) is 36.0 Å². The van der Waals surface area contributed by atoms with Crippen molar-refractivity contribution in [1.82, 2.24) is 0 Å². The van der Waals surface area contributed by atoms with Crippen molar-refractivity contribution in [2.24, 2.45) is 0 Å². The molecule has 1 heterocycles. The van der Waals surface area contributed by atoms with E-state index in [1.54, 1.807) is 6.92 Å². The summed E-state index contributed by atoms with van der Waals surface area (Å²) in [6.07, 6.45) is 2.04. The quantitative estimate of drug-likeness (QED) is 0.808. The SMILES string of the molecule is CC(=O)SCC(=Cc1ccc(CO)cc1C)B1OC(C)(C)C(C)(C)O1. The van der Waals surface area contributed by atoms with Gasteiger partial charge in [-0.05, 0) is 56.8 Å². The second-order valence-corrected chi connectivity index (χ2v) is 8.59. The van der Waals surface area contributed by atoms with Crippen LogP contribution in [0.15, 0.2) is 23.7 Å². The monoisotopic (exact) mass is 362 g/mol. The van der Waals surface area contributed by atoms with Crippen molar-refractivity contribution in [2.75, 3.05) is 5.75 Å². The van der Waals surface area contributed by atoms with E-state index >= 15 is 0 Å². The number of aliphatic hydroxyl groups excluding tert-OH is 1. The Labute approximate surface area is 155 Å². The molecule has 1 aromatic rings. The first-order chi connectivity index (χ1) is 11.6. The second-order valence-electron chi connectivity index (χ2n) is 7.44. The molecule has 0 saturated carbocycles. The van der Waals surface area contributed by atoms with Crippen LogP contribution in [0, 0.1) is 6.92 Å². The minimum atomic E-state index is -0.478. The summed E-state index contributed by atoms with van der Waals surface area (Å²) >= 11 is 1.25. The highest BCUT2D eigenvalue weighted by molar-refractivity contribution is 8.13. The summed E-state index contributed by atoms with van der Waals surface area (Å²) in [5, 5.41) is 9.34. The van der Waals surface area contributed by atoms with Gasteiger partial charge in [-0.15, -0.1) is 0 Å². The van der Waals surface area contributed by atoms with E-state index in [9.17, 15) is 9.90 Å². The fourth-order valence-electron chi connectivity index (χ4n) is 2.55. The first kappa shape index (κ1) is 20.2. The van der Waals surface area contributed by atoms with Gasteiger partial charge in [0.15, 0.2) is 5.12 Å². The Kier molecular flexibility index (Phi) is 6.20. The molecule has 0 aromatic heterocycles. The number of rotatable bonds is 5. The minimum Gasteiger partial charge on any atom is -0.400 e. The molecule has 2 rings (SSSR count). The lowest BCUT2D eigenvalue weighted by Gasteiger charge is -2.32. The summed E-state index contributed by atoms with van der Waals surface area (Å²) in [4.78, 5) is 11.4. The van der Waals surface area contributed by atoms with Crippen molar-refractivity contribution in [1.29, 1.82) is 0 Å². The first-order valence-electron chi connectivity index (χ1n) is 8.45. The maximum Gasteiger partial charge on any atom is 0.491 e. The molecule has 1 aromatic carbocycles. The third kappa shape index (κ3) is 4.76. The number of benzene rings is 1. The average Bonchev–Trinajstić information content (AvgIpc) is 2.72. The summed E-state index contributed by atoms with van der Waals surface area (Å²) in [6, 6.07) is 5.84. The maximum absolute atomic E-state index is 11.4. The van der Waals surface area contributed by atoms with Crippen LogP contribution in [-0.2, 0) is 20.7 Å². The van der Waals surface area contributed by atoms with Crippen molar-refractivity contribution in [2.45, 2.75) is 59.4 Å². The molecule has 0 aliphatic carbocycles. The molecule has 0 unspecified atom stereocenters. The van der Waals surface area contributed by atoms with Crippen molar-refractivity contribution in [3.05, 3.63) is 40.4 Å². The number of thioether (sulfide) groups is 1. The fourth-order valence-corrected chi connectivity index (χ4v) is 3.14. The molecule has 1 aliphatic heterocycles. The van der Waals surface area contributed by atoms with E-state index in [0.717, 1.165) is 22.2 Å². The molecule has 6 heteroatoms. The summed E-state index contributed by atoms with van der Waals surface area (Å²) in [5.41, 5.74) is 3.06. The van der Waals surface area contributed by atoms with Crippen LogP contribution in [0.25, 0.3) is 6.08 Å². The molecule has 136 valence electrons. The lowest BCUT2D eigenvalue weighted by molar-refractivity contribution is -0.109. The van der Waals surface area contributed by atoms with Crippen LogP contribution in [0.4, 0.5) is 0 Å². The first-order valence-corrected chi connectivity index (χ1v) is 9.44. The van der Waals surface area contributed by atoms with Gasteiger partial charge in [-0.25, -0.2) is 0 Å². The van der Waals surface area contributed by atoms with Gasteiger partial charge in [-0.3, -0.25) is 4.79 Å². The summed E-state index contributed by atoms with van der Waals surface area (Å²) in [5.74, 6) is 0.521. The Balaban J connectivity index is 2.35. The van der Waals surface area contributed by atoms with Gasteiger partial charge in [0.1, 0.15) is 0 Å². The third-order valence-electron chi connectivity index (χ3n) is 4.86. The van der Waals surface area contributed by atoms with Crippen LogP contribution in [0.1, 0.15) is 51.3 Å². The lowest BCUT2D eigenvalue weighted by atomic mass is 9.78. The van der Waals surface area contributed by atoms with Gasteiger partial charge >= 0.3 is 7.12 Å². The molecular weight excluding hydrogens is 335 g/mol. The van der Waals surface area contributed by atoms with E-state index in [1.165, 1.54) is 11.8 Å². The van der Waals surface area contributed by atoms with Gasteiger partial charge in [0.2, 0.25) is 0 Å². The topological polar surface area (TPSA) is 55.8 Å². The summed E-state index contributed by atoms with van der Waals surface area (Å²) < 4.78 is 12.3. The molecule has 0 radical (unpaired) electrons. The summed E-state index contributed by atoms with van der Waals surface area (Å²) in [7, 11) is -0.478. The van der Waals surface area contributed by atoms with Gasteiger partial charge in [0.25, 0.3) is 0 Å². The van der Waals surface area contributed by atoms with Gasteiger partial charge in [0.05, 0.1) is 17.8 Å². The smallest absolute Gasteiger partial charge is 0.400 e. The maximum atomic E-state index is 11.4. The Bertz CT molecular complexity index is 666. The number of hydrogen-bond donors (Lipinski definition) is 1. The van der Waals surface area contributed by atoms with Gasteiger partial charge < -0.3 is 14.4 Å². The molecule has 1 fully saturated rings. The largest absolute Gasteiger partial charge is 0.491 e. The number of carbonyl (C=O) groups excluding carboxylic acids is 1. The summed E-state index contributed by atoms with van der Waals surface area (Å²) in [6.45, 7) is 11.7. The molecule has 4 nitrogen and oxygen atoms in total. The Morgan fingerprint density at radius 1 is 1.24 bits per heavy atom. The van der Waals surface area contributed by atoms with Crippen LogP contribution >= 0.6 is 11.8 Å². The van der Waals surface area contributed by atoms with E-state index in [4.69, 9.17) is 9.31 Å². The van der Waals surface area contributed by atoms with Crippen LogP contribution in [0.3, 0.4) is 0 Å². The Hall–Kier alpha value is -1.08. The van der Waals surface area contributed by atoms with E-state index in [-0.39, 0.29) is 11.7 Å². The standard InChI is InChI=1S/C19H27BO4S/c1-13-9-15(11-21)7-8-16(13)10-17(12-25-14(2)22)20-23-18(3,4)19(5,6)24-20/h7-10,21H,11-12H2,1-6H3. The molecule has 0 spiro atoms. The highest BCUT2D eigenvalue weighted by Crippen LogP contribution is 2.39.